The number of hydrogen-bond donors (Lipinski definition) is 1. The van der Waals surface area contributed by atoms with E-state index in [0.29, 0.717) is 15.6 Å². The molecule has 1 atom stereocenters. The van der Waals surface area contributed by atoms with Crippen LogP contribution in [0.1, 0.15) is 17.2 Å². The van der Waals surface area contributed by atoms with Gasteiger partial charge in [0.1, 0.15) is 17.4 Å². The molecule has 0 saturated carbocycles. The fraction of sp³-hybridized carbons (Fsp3) is 0.200. The largest absolute Gasteiger partial charge is 0.497 e. The lowest BCUT2D eigenvalue weighted by atomic mass is 10.0. The highest BCUT2D eigenvalue weighted by atomic mass is 35.5. The van der Waals surface area contributed by atoms with Gasteiger partial charge in [-0.1, -0.05) is 29.3 Å². The van der Waals surface area contributed by atoms with E-state index >= 15 is 0 Å². The van der Waals surface area contributed by atoms with Crippen molar-refractivity contribution in [1.29, 1.82) is 0 Å². The third-order valence-electron chi connectivity index (χ3n) is 3.03. The molecule has 112 valence electrons. The molecule has 0 bridgehead atoms. The van der Waals surface area contributed by atoms with Gasteiger partial charge in [-0.2, -0.15) is 0 Å². The van der Waals surface area contributed by atoms with Gasteiger partial charge in [0.25, 0.3) is 0 Å². The van der Waals surface area contributed by atoms with Gasteiger partial charge in [0, 0.05) is 18.6 Å². The molecule has 21 heavy (non-hydrogen) atoms. The van der Waals surface area contributed by atoms with Crippen LogP contribution in [0.25, 0.3) is 0 Å². The predicted molar refractivity (Wildman–Crippen MR) is 78.0 cm³/mol. The van der Waals surface area contributed by atoms with Gasteiger partial charge >= 0.3 is 0 Å². The smallest absolute Gasteiger partial charge is 0.135 e. The normalized spacial score (nSPS) is 12.3. The highest BCUT2D eigenvalue weighted by Gasteiger charge is 2.20. The molecule has 0 heterocycles. The number of aliphatic hydroxyl groups is 1. The summed E-state index contributed by atoms with van der Waals surface area (Å²) < 4.78 is 32.5. The zero-order valence-electron chi connectivity index (χ0n) is 11.0. The van der Waals surface area contributed by atoms with Crippen molar-refractivity contribution >= 4 is 23.2 Å². The maximum absolute atomic E-state index is 13.9. The van der Waals surface area contributed by atoms with Gasteiger partial charge in [-0.15, -0.1) is 0 Å². The van der Waals surface area contributed by atoms with Crippen molar-refractivity contribution in [2.75, 3.05) is 7.11 Å². The lowest BCUT2D eigenvalue weighted by molar-refractivity contribution is 0.168. The Morgan fingerprint density at radius 1 is 1.10 bits per heavy atom. The van der Waals surface area contributed by atoms with Crippen LogP contribution in [-0.2, 0) is 6.42 Å². The van der Waals surface area contributed by atoms with Crippen LogP contribution < -0.4 is 4.74 Å². The fourth-order valence-electron chi connectivity index (χ4n) is 1.99. The van der Waals surface area contributed by atoms with Gasteiger partial charge in [-0.05, 0) is 17.7 Å². The second-order valence-electron chi connectivity index (χ2n) is 4.47. The number of aliphatic hydroxyl groups excluding tert-OH is 1. The Bertz CT molecular complexity index is 639. The van der Waals surface area contributed by atoms with E-state index in [1.165, 1.54) is 7.11 Å². The van der Waals surface area contributed by atoms with Crippen molar-refractivity contribution in [3.63, 3.8) is 0 Å². The van der Waals surface area contributed by atoms with Crippen molar-refractivity contribution in [3.8, 4) is 5.75 Å². The highest BCUT2D eigenvalue weighted by Crippen LogP contribution is 2.29. The predicted octanol–water partition coefficient (Wildman–Crippen LogP) is 4.56. The Balaban J connectivity index is 2.27. The molecule has 2 rings (SSSR count). The lowest BCUT2D eigenvalue weighted by Crippen LogP contribution is -2.08. The maximum atomic E-state index is 13.9. The number of methoxy groups -OCH3 is 1. The molecule has 1 N–H and O–H groups in total. The van der Waals surface area contributed by atoms with Crippen molar-refractivity contribution in [2.45, 2.75) is 12.5 Å². The zero-order valence-corrected chi connectivity index (χ0v) is 12.6. The average molecular weight is 333 g/mol. The second-order valence-corrected chi connectivity index (χ2v) is 5.29. The molecule has 0 saturated heterocycles. The van der Waals surface area contributed by atoms with E-state index < -0.39 is 23.3 Å². The maximum Gasteiger partial charge on any atom is 0.135 e. The highest BCUT2D eigenvalue weighted by molar-refractivity contribution is 6.42. The van der Waals surface area contributed by atoms with E-state index in [9.17, 15) is 13.9 Å². The third kappa shape index (κ3) is 3.64. The van der Waals surface area contributed by atoms with Gasteiger partial charge < -0.3 is 9.84 Å². The van der Waals surface area contributed by atoms with Gasteiger partial charge in [0.05, 0.1) is 28.8 Å². The number of ether oxygens (including phenoxy) is 1. The van der Waals surface area contributed by atoms with Gasteiger partial charge in [0.2, 0.25) is 0 Å². The van der Waals surface area contributed by atoms with Crippen LogP contribution in [0.5, 0.6) is 5.75 Å². The minimum Gasteiger partial charge on any atom is -0.497 e. The molecule has 6 heteroatoms. The van der Waals surface area contributed by atoms with E-state index in [4.69, 9.17) is 27.9 Å². The Kier molecular flexibility index (Phi) is 5.04. The minimum absolute atomic E-state index is 0.0110. The third-order valence-corrected chi connectivity index (χ3v) is 3.77. The summed E-state index contributed by atoms with van der Waals surface area (Å²) in [5.74, 6) is -1.67. The first-order chi connectivity index (χ1) is 9.92. The first kappa shape index (κ1) is 16.0. The Morgan fingerprint density at radius 2 is 1.71 bits per heavy atom. The van der Waals surface area contributed by atoms with Crippen molar-refractivity contribution in [2.24, 2.45) is 0 Å². The molecule has 2 nitrogen and oxygen atoms in total. The summed E-state index contributed by atoms with van der Waals surface area (Å²) in [6.45, 7) is 0. The first-order valence-electron chi connectivity index (χ1n) is 6.07. The van der Waals surface area contributed by atoms with E-state index in [0.717, 1.165) is 12.1 Å². The Morgan fingerprint density at radius 3 is 2.24 bits per heavy atom. The van der Waals surface area contributed by atoms with Crippen LogP contribution in [0.2, 0.25) is 10.0 Å². The van der Waals surface area contributed by atoms with Gasteiger partial charge in [-0.3, -0.25) is 0 Å². The van der Waals surface area contributed by atoms with Crippen molar-refractivity contribution in [3.05, 3.63) is 63.1 Å². The summed E-state index contributed by atoms with van der Waals surface area (Å²) in [5.41, 5.74) is 0.216. The molecule has 0 radical (unpaired) electrons. The molecule has 0 aliphatic heterocycles. The SMILES string of the molecule is COc1cc(F)c(C(O)Cc2ccc(Cl)c(Cl)c2)c(F)c1. The topological polar surface area (TPSA) is 29.5 Å². The quantitative estimate of drug-likeness (QED) is 0.889. The molecule has 0 fully saturated rings. The molecule has 0 aromatic heterocycles. The van der Waals surface area contributed by atoms with Crippen LogP contribution in [0.4, 0.5) is 8.78 Å². The van der Waals surface area contributed by atoms with E-state index in [1.54, 1.807) is 18.2 Å². The summed E-state index contributed by atoms with van der Waals surface area (Å²) in [6, 6.07) is 6.79. The molecule has 0 aliphatic carbocycles. The molecule has 2 aromatic carbocycles. The van der Waals surface area contributed by atoms with E-state index in [-0.39, 0.29) is 12.2 Å². The van der Waals surface area contributed by atoms with Crippen LogP contribution in [0, 0.1) is 11.6 Å². The van der Waals surface area contributed by atoms with Gasteiger partial charge in [-0.25, -0.2) is 8.78 Å². The van der Waals surface area contributed by atoms with Crippen LogP contribution in [0.3, 0.4) is 0 Å². The van der Waals surface area contributed by atoms with Crippen LogP contribution in [-0.4, -0.2) is 12.2 Å². The molecular formula is C15H12Cl2F2O2. The minimum atomic E-state index is -1.34. The fourth-order valence-corrected chi connectivity index (χ4v) is 2.31. The molecule has 0 amide bonds. The number of halogens is 4. The first-order valence-corrected chi connectivity index (χ1v) is 6.83. The zero-order chi connectivity index (χ0) is 15.6. The monoisotopic (exact) mass is 332 g/mol. The number of hydrogen-bond acceptors (Lipinski definition) is 2. The van der Waals surface area contributed by atoms with Crippen molar-refractivity contribution in [1.82, 2.24) is 0 Å². The number of rotatable bonds is 4. The van der Waals surface area contributed by atoms with E-state index in [2.05, 4.69) is 0 Å². The number of benzene rings is 2. The molecule has 1 unspecified atom stereocenters. The molecule has 2 aromatic rings. The lowest BCUT2D eigenvalue weighted by Gasteiger charge is -2.14. The van der Waals surface area contributed by atoms with Crippen molar-refractivity contribution < 1.29 is 18.6 Å². The summed E-state index contributed by atoms with van der Waals surface area (Å²) in [4.78, 5) is 0. The summed E-state index contributed by atoms with van der Waals surface area (Å²) in [6.07, 6.45) is -1.33. The molecular weight excluding hydrogens is 321 g/mol. The molecule has 0 aliphatic rings. The second kappa shape index (κ2) is 6.60. The van der Waals surface area contributed by atoms with Crippen LogP contribution in [0.15, 0.2) is 30.3 Å². The Labute approximate surface area is 130 Å². The van der Waals surface area contributed by atoms with Crippen LogP contribution >= 0.6 is 23.2 Å². The standard InChI is InChI=1S/C15H12Cl2F2O2/c1-21-9-6-12(18)15(13(19)7-9)14(20)5-8-2-3-10(16)11(17)4-8/h2-4,6-7,14,20H,5H2,1H3. The summed E-state index contributed by atoms with van der Waals surface area (Å²) in [7, 11) is 1.31. The summed E-state index contributed by atoms with van der Waals surface area (Å²) >= 11 is 11.7. The molecule has 0 spiro atoms. The Hall–Kier alpha value is -1.36. The summed E-state index contributed by atoms with van der Waals surface area (Å²) in [5, 5.41) is 10.8. The van der Waals surface area contributed by atoms with E-state index in [1.807, 2.05) is 0 Å². The average Bonchev–Trinajstić information content (AvgIpc) is 2.42. The van der Waals surface area contributed by atoms with Gasteiger partial charge in [0.15, 0.2) is 0 Å².